The second-order valence-electron chi connectivity index (χ2n) is 14.5. The number of hydrogen-bond acceptors (Lipinski definition) is 8. The van der Waals surface area contributed by atoms with Gasteiger partial charge in [0.25, 0.3) is 0 Å². The quantitative estimate of drug-likeness (QED) is 0.124. The highest BCUT2D eigenvalue weighted by molar-refractivity contribution is 14.1. The van der Waals surface area contributed by atoms with Gasteiger partial charge in [0.2, 0.25) is 0 Å². The van der Waals surface area contributed by atoms with Crippen LogP contribution in [0.4, 0.5) is 17.6 Å². The molecule has 0 aliphatic carbocycles. The molecule has 2 aromatic carbocycles. The van der Waals surface area contributed by atoms with E-state index in [0.29, 0.717) is 34.2 Å². The minimum atomic E-state index is -0.633. The lowest BCUT2D eigenvalue weighted by Crippen LogP contribution is -2.05. The molecular formula is C40H36F4I2N12. The van der Waals surface area contributed by atoms with Gasteiger partial charge in [0.05, 0.1) is 5.69 Å². The molecule has 10 rings (SSSR count). The van der Waals surface area contributed by atoms with E-state index in [0.717, 1.165) is 92.9 Å². The van der Waals surface area contributed by atoms with Gasteiger partial charge in [-0.15, -0.1) is 20.4 Å². The fourth-order valence-electron chi connectivity index (χ4n) is 7.03. The molecule has 0 unspecified atom stereocenters. The number of nitrogens with zero attached hydrogens (tertiary/aromatic N) is 12. The zero-order valence-corrected chi connectivity index (χ0v) is 36.1. The van der Waals surface area contributed by atoms with Crippen LogP contribution in [0.1, 0.15) is 75.7 Å². The standard InChI is InChI=1S/C20H18F2N6.C12H9F2IN2.C8H9IN4/c1-11(2)20-25-24-17-8-7-15(26-28(17)20)19-18(23-16-4-3-9-27(16)19)13-6-5-12(21)10-14(13)22;13-7-3-4-8(9(14)6-7)11-12(15)17-5-1-2-10(17)16-11;1-5(2)8-11-10-7-4-3-6(9)12-13(7)8/h5-8,10-11H,3-4,9H2,1-2H3;3-4,6H,1-2,5H2;3-5H,1-2H3. The summed E-state index contributed by atoms with van der Waals surface area (Å²) >= 11 is 4.35. The summed E-state index contributed by atoms with van der Waals surface area (Å²) in [6, 6.07) is 14.7. The fourth-order valence-corrected chi connectivity index (χ4v) is 8.36. The van der Waals surface area contributed by atoms with Gasteiger partial charge in [0, 0.05) is 61.0 Å². The average molecular weight is 1010 g/mol. The van der Waals surface area contributed by atoms with Crippen LogP contribution < -0.4 is 0 Å². The second-order valence-corrected chi connectivity index (χ2v) is 16.6. The van der Waals surface area contributed by atoms with Crippen LogP contribution in [0.3, 0.4) is 0 Å². The van der Waals surface area contributed by atoms with Crippen LogP contribution in [0.5, 0.6) is 0 Å². The molecule has 12 nitrogen and oxygen atoms in total. The summed E-state index contributed by atoms with van der Waals surface area (Å²) in [7, 11) is 0. The molecule has 0 N–H and O–H groups in total. The normalized spacial score (nSPS) is 13.2. The largest absolute Gasteiger partial charge is 0.326 e. The van der Waals surface area contributed by atoms with Gasteiger partial charge in [-0.1, -0.05) is 27.7 Å². The molecule has 0 saturated heterocycles. The van der Waals surface area contributed by atoms with Crippen molar-refractivity contribution in [1.82, 2.24) is 58.7 Å². The summed E-state index contributed by atoms with van der Waals surface area (Å²) in [4.78, 5) is 9.12. The predicted octanol–water partition coefficient (Wildman–Crippen LogP) is 9.23. The Balaban J connectivity index is 0.000000133. The number of hydrogen-bond donors (Lipinski definition) is 0. The molecule has 0 bridgehead atoms. The van der Waals surface area contributed by atoms with E-state index in [1.807, 2.05) is 38.1 Å². The molecule has 298 valence electrons. The maximum atomic E-state index is 14.5. The topological polar surface area (TPSA) is 122 Å². The number of rotatable bonds is 5. The molecule has 0 amide bonds. The molecule has 2 aliphatic rings. The lowest BCUT2D eigenvalue weighted by atomic mass is 10.1. The first-order valence-corrected chi connectivity index (χ1v) is 20.9. The average Bonchev–Trinajstić information content (AvgIpc) is 4.03. The fraction of sp³-hybridized carbons (Fsp3) is 0.300. The minimum absolute atomic E-state index is 0.155. The Labute approximate surface area is 357 Å². The smallest absolute Gasteiger partial charge is 0.177 e. The second kappa shape index (κ2) is 16.4. The predicted molar refractivity (Wildman–Crippen MR) is 226 cm³/mol. The van der Waals surface area contributed by atoms with E-state index in [2.05, 4.69) is 104 Å². The molecule has 2 aliphatic heterocycles. The number of fused-ring (bicyclic) bond motifs is 4. The first-order valence-electron chi connectivity index (χ1n) is 18.7. The van der Waals surface area contributed by atoms with E-state index in [1.165, 1.54) is 24.3 Å². The van der Waals surface area contributed by atoms with Gasteiger partial charge in [-0.05, 0) is 107 Å². The summed E-state index contributed by atoms with van der Waals surface area (Å²) in [5.74, 6) is 1.69. The molecule has 18 heteroatoms. The van der Waals surface area contributed by atoms with Crippen molar-refractivity contribution in [3.63, 3.8) is 0 Å². The number of halogens is 6. The highest BCUT2D eigenvalue weighted by Crippen LogP contribution is 2.36. The van der Waals surface area contributed by atoms with Crippen LogP contribution in [0.25, 0.3) is 45.2 Å². The molecule has 0 saturated carbocycles. The van der Waals surface area contributed by atoms with Crippen LogP contribution in [0.2, 0.25) is 0 Å². The number of aryl methyl sites for hydroxylation is 2. The molecule has 0 spiro atoms. The summed E-state index contributed by atoms with van der Waals surface area (Å²) < 4.78 is 64.1. The Bertz CT molecular complexity index is 2810. The third kappa shape index (κ3) is 7.71. The van der Waals surface area contributed by atoms with Crippen molar-refractivity contribution in [3.05, 3.63) is 115 Å². The Hall–Kier alpha value is -4.86. The van der Waals surface area contributed by atoms with E-state index in [-0.39, 0.29) is 11.5 Å². The van der Waals surface area contributed by atoms with Gasteiger partial charge in [-0.25, -0.2) is 27.5 Å². The first kappa shape index (κ1) is 39.9. The molecule has 8 heterocycles. The Morgan fingerprint density at radius 3 is 1.67 bits per heavy atom. The molecule has 0 fully saturated rings. The first-order chi connectivity index (χ1) is 27.9. The van der Waals surface area contributed by atoms with Crippen molar-refractivity contribution in [2.24, 2.45) is 0 Å². The Morgan fingerprint density at radius 1 is 0.586 bits per heavy atom. The third-order valence-electron chi connectivity index (χ3n) is 9.78. The van der Waals surface area contributed by atoms with Crippen molar-refractivity contribution >= 4 is 56.5 Å². The Kier molecular flexibility index (Phi) is 11.3. The number of imidazole rings is 2. The van der Waals surface area contributed by atoms with Gasteiger partial charge in [0.15, 0.2) is 22.9 Å². The summed E-state index contributed by atoms with van der Waals surface area (Å²) in [5.41, 5.74) is 4.62. The maximum absolute atomic E-state index is 14.5. The lowest BCUT2D eigenvalue weighted by molar-refractivity contribution is 0.584. The molecule has 6 aromatic heterocycles. The van der Waals surface area contributed by atoms with Crippen molar-refractivity contribution in [2.75, 3.05) is 0 Å². The number of benzene rings is 2. The van der Waals surface area contributed by atoms with E-state index in [9.17, 15) is 17.6 Å². The molecule has 58 heavy (non-hydrogen) atoms. The summed E-state index contributed by atoms with van der Waals surface area (Å²) in [6.45, 7) is 9.94. The van der Waals surface area contributed by atoms with Crippen LogP contribution in [0, 0.1) is 30.7 Å². The number of aromatic nitrogens is 12. The lowest BCUT2D eigenvalue weighted by Gasteiger charge is -2.10. The van der Waals surface area contributed by atoms with Gasteiger partial charge in [-0.2, -0.15) is 19.2 Å². The minimum Gasteiger partial charge on any atom is -0.326 e. The van der Waals surface area contributed by atoms with E-state index < -0.39 is 23.3 Å². The van der Waals surface area contributed by atoms with Crippen LogP contribution in [-0.4, -0.2) is 58.7 Å². The zero-order valence-electron chi connectivity index (χ0n) is 31.8. The third-order valence-corrected chi connectivity index (χ3v) is 11.5. The molecular weight excluding hydrogens is 978 g/mol. The van der Waals surface area contributed by atoms with Gasteiger partial charge in [-0.3, -0.25) is 0 Å². The van der Waals surface area contributed by atoms with Gasteiger partial charge < -0.3 is 9.13 Å². The van der Waals surface area contributed by atoms with Crippen molar-refractivity contribution in [2.45, 2.75) is 78.3 Å². The van der Waals surface area contributed by atoms with E-state index in [4.69, 9.17) is 5.10 Å². The Morgan fingerprint density at radius 2 is 1.10 bits per heavy atom. The van der Waals surface area contributed by atoms with Gasteiger partial charge in [0.1, 0.15) is 59.4 Å². The highest BCUT2D eigenvalue weighted by Gasteiger charge is 2.27. The summed E-state index contributed by atoms with van der Waals surface area (Å²) in [6.07, 6.45) is 3.82. The molecule has 8 aromatic rings. The van der Waals surface area contributed by atoms with Crippen LogP contribution in [-0.2, 0) is 25.9 Å². The van der Waals surface area contributed by atoms with Crippen LogP contribution >= 0.6 is 45.2 Å². The van der Waals surface area contributed by atoms with Gasteiger partial charge >= 0.3 is 0 Å². The zero-order chi connectivity index (χ0) is 40.8. The van der Waals surface area contributed by atoms with E-state index in [1.54, 1.807) is 9.03 Å². The molecule has 0 radical (unpaired) electrons. The van der Waals surface area contributed by atoms with Crippen molar-refractivity contribution in [3.8, 4) is 33.9 Å². The van der Waals surface area contributed by atoms with Crippen molar-refractivity contribution in [1.29, 1.82) is 0 Å². The highest BCUT2D eigenvalue weighted by atomic mass is 127. The maximum Gasteiger partial charge on any atom is 0.177 e. The van der Waals surface area contributed by atoms with E-state index >= 15 is 0 Å². The molecule has 0 atom stereocenters. The van der Waals surface area contributed by atoms with Crippen LogP contribution in [0.15, 0.2) is 60.7 Å². The summed E-state index contributed by atoms with van der Waals surface area (Å²) in [5, 5.41) is 25.6. The van der Waals surface area contributed by atoms with Crippen molar-refractivity contribution < 1.29 is 17.6 Å². The SMILES string of the molecule is CC(C)c1nnc2ccc(-c3c(-c4ccc(F)cc4F)nc4n3CCC4)nn12.CC(C)c1nnc2ccc(I)nn12.Fc1ccc(-c2nc3n(c2I)CCC3)c(F)c1. The monoisotopic (exact) mass is 1010 g/mol.